The van der Waals surface area contributed by atoms with Crippen LogP contribution in [-0.4, -0.2) is 181 Å². The fraction of sp³-hybridized carbons (Fsp3) is 0.867. The van der Waals surface area contributed by atoms with Gasteiger partial charge in [0.05, 0.1) is 8.80 Å². The minimum Gasteiger partial charge on any atom is -0.0750 e. The molecule has 1 aromatic carbocycles. The zero-order chi connectivity index (χ0) is 51.9. The first-order chi connectivity index (χ1) is 30.1. The van der Waals surface area contributed by atoms with Crippen molar-refractivity contribution in [3.63, 3.8) is 0 Å². The molecule has 0 nitrogen and oxygen atoms in total. The van der Waals surface area contributed by atoms with Crippen LogP contribution in [0, 0.1) is 0 Å². The fourth-order valence-corrected chi connectivity index (χ4v) is 83.1. The van der Waals surface area contributed by atoms with Crippen LogP contribution in [-0.2, 0) is 0 Å². The van der Waals surface area contributed by atoms with Gasteiger partial charge in [0.25, 0.3) is 0 Å². The second kappa shape index (κ2) is 58.4. The summed E-state index contributed by atoms with van der Waals surface area (Å²) in [6.07, 6.45) is 0. The maximum absolute atomic E-state index is 2.62. The zero-order valence-corrected chi connectivity index (χ0v) is 76.4. The highest BCUT2D eigenvalue weighted by atomic mass is 28.4. The molecule has 0 bridgehead atoms. The van der Waals surface area contributed by atoms with Crippen molar-refractivity contribution in [1.29, 1.82) is 0 Å². The molecule has 1 rings (SSSR count). The molecule has 0 saturated heterocycles. The van der Waals surface area contributed by atoms with E-state index in [2.05, 4.69) is 201 Å². The number of hydrogen-bond donors (Lipinski definition) is 0. The third-order valence-electron chi connectivity index (χ3n) is 11.5. The highest BCUT2D eigenvalue weighted by Gasteiger charge is 2.16. The fourth-order valence-electron chi connectivity index (χ4n) is 8.36. The normalized spacial score (nSPS) is 13.5. The monoisotopic (exact) mass is 1240 g/mol. The van der Waals surface area contributed by atoms with Gasteiger partial charge in [-0.25, -0.2) is 0 Å². The molecule has 20 heteroatoms. The van der Waals surface area contributed by atoms with Gasteiger partial charge in [0.15, 0.2) is 0 Å². The molecule has 0 aliphatic carbocycles. The topological polar surface area (TPSA) is 0 Å². The Kier molecular flexibility index (Phi) is 71.9. The van der Waals surface area contributed by atoms with Crippen LogP contribution >= 0.6 is 0 Å². The molecule has 0 aliphatic heterocycles. The van der Waals surface area contributed by atoms with Gasteiger partial charge < -0.3 is 0 Å². The first-order valence-electron chi connectivity index (χ1n) is 29.1. The molecule has 0 N–H and O–H groups in total. The molecule has 3 unspecified atom stereocenters. The summed E-state index contributed by atoms with van der Waals surface area (Å²) in [6.45, 7) is 64.5. The third-order valence-corrected chi connectivity index (χ3v) is 94.4. The van der Waals surface area contributed by atoms with Crippen LogP contribution in [0.25, 0.3) is 0 Å². The Morgan fingerprint density at radius 2 is 0.646 bits per heavy atom. The molecule has 0 fully saturated rings. The maximum atomic E-state index is 2.62. The van der Waals surface area contributed by atoms with Gasteiger partial charge in [-0.05, 0) is 10.2 Å². The number of hydrogen-bond acceptors (Lipinski definition) is 0. The Morgan fingerprint density at radius 1 is 0.338 bits per heavy atom. The third kappa shape index (κ3) is 87.6. The van der Waals surface area contributed by atoms with Crippen molar-refractivity contribution in [3.8, 4) is 0 Å². The van der Waals surface area contributed by atoms with Gasteiger partial charge in [0.2, 0.25) is 0 Å². The van der Waals surface area contributed by atoms with Crippen molar-refractivity contribution in [2.75, 3.05) is 0 Å². The summed E-state index contributed by atoms with van der Waals surface area (Å²) < 4.78 is 0. The van der Waals surface area contributed by atoms with E-state index < -0.39 is 8.80 Å². The van der Waals surface area contributed by atoms with Crippen LogP contribution < -0.4 is 5.19 Å². The Morgan fingerprint density at radius 3 is 0.877 bits per heavy atom. The van der Waals surface area contributed by atoms with Crippen LogP contribution in [0.3, 0.4) is 0 Å². The Labute approximate surface area is 455 Å². The van der Waals surface area contributed by atoms with Crippen molar-refractivity contribution >= 4 is 186 Å². The standard InChI is InChI=1S/C13H28Si4.C9H28Si4.C7H24Si4.C5H16Si2.2C4H14Si2.C3H12Si2/c1-15(2)10-14-11-17(12-16(3)4)13-8-6-5-7-9-13;1-10(2)7-12(5)9-13(6)8-11(3)4;1-10(2)6-8-5-9-7-11(3)4;1-6(2)5-7(3)4;2*1-5-4-6(2)3;1-5(2)3-4/h5-9,15-17H,10-12,14H2,1-4H3;10-13H,7-9H2,1-6H3;10-11H,5-9H2,1-4H3;6-7H,5H2,1-4H3;2*6H,4-5H2,1-3H3;5H,3H2,1-2,4H3. The van der Waals surface area contributed by atoms with E-state index in [-0.39, 0.29) is 124 Å². The summed E-state index contributed by atoms with van der Waals surface area (Å²) in [4.78, 5) is 0. The predicted octanol–water partition coefficient (Wildman–Crippen LogP) is 7.19. The maximum Gasteiger partial charge on any atom is 0.0649 e. The summed E-state index contributed by atoms with van der Waals surface area (Å²) in [6, 6.07) is 11.5. The molecule has 0 saturated carbocycles. The quantitative estimate of drug-likeness (QED) is 0.0682. The molecule has 3 atom stereocenters. The lowest BCUT2D eigenvalue weighted by Gasteiger charge is -2.17. The molecular weight excluding hydrogens is 1100 g/mol. The van der Waals surface area contributed by atoms with E-state index in [0.29, 0.717) is 38.1 Å². The van der Waals surface area contributed by atoms with E-state index in [4.69, 9.17) is 0 Å². The summed E-state index contributed by atoms with van der Waals surface area (Å²) in [5, 5.41) is 1.76. The predicted molar refractivity (Wildman–Crippen MR) is 394 cm³/mol. The van der Waals surface area contributed by atoms with Crippen LogP contribution in [0.4, 0.5) is 0 Å². The van der Waals surface area contributed by atoms with Crippen molar-refractivity contribution in [2.24, 2.45) is 0 Å². The lowest BCUT2D eigenvalue weighted by Crippen LogP contribution is -2.35. The van der Waals surface area contributed by atoms with Crippen molar-refractivity contribution < 1.29 is 0 Å². The molecule has 0 heterocycles. The van der Waals surface area contributed by atoms with Crippen LogP contribution in [0.15, 0.2) is 30.3 Å². The minimum absolute atomic E-state index is 0.0880. The summed E-state index contributed by atoms with van der Waals surface area (Å²) in [7, 11) is 0.462. The largest absolute Gasteiger partial charge is 0.0750 e. The molecule has 0 amide bonds. The summed E-state index contributed by atoms with van der Waals surface area (Å²) >= 11 is 0. The summed E-state index contributed by atoms with van der Waals surface area (Å²) in [5.74, 6) is 0. The summed E-state index contributed by atoms with van der Waals surface area (Å²) in [5.41, 5.74) is 22.0. The highest BCUT2D eigenvalue weighted by Crippen LogP contribution is 2.10. The first kappa shape index (κ1) is 80.0. The van der Waals surface area contributed by atoms with Gasteiger partial charge in [-0.2, -0.15) is 0 Å². The van der Waals surface area contributed by atoms with E-state index in [1.165, 1.54) is 10.2 Å². The average molecular weight is 1240 g/mol. The van der Waals surface area contributed by atoms with Gasteiger partial charge in [-0.1, -0.05) is 279 Å². The molecule has 396 valence electrons. The Hall–Kier alpha value is 3.56. The van der Waals surface area contributed by atoms with E-state index in [0.717, 1.165) is 0 Å². The minimum atomic E-state index is -0.563. The van der Waals surface area contributed by atoms with Gasteiger partial charge in [0, 0.05) is 162 Å². The number of benzene rings is 1. The van der Waals surface area contributed by atoms with Crippen LogP contribution in [0.5, 0.6) is 0 Å². The van der Waals surface area contributed by atoms with Crippen molar-refractivity contribution in [1.82, 2.24) is 0 Å². The molecule has 65 heavy (non-hydrogen) atoms. The second-order valence-corrected chi connectivity index (χ2v) is 96.0. The van der Waals surface area contributed by atoms with E-state index in [9.17, 15) is 0 Å². The lowest BCUT2D eigenvalue weighted by molar-refractivity contribution is 1.59. The van der Waals surface area contributed by atoms with Gasteiger partial charge in [-0.15, -0.1) is 0 Å². The SMILES string of the molecule is C[SiH2]C[SiH](C)C.C[SiH2]C[SiH](C)C.C[SiH](C)C[SiH2]C[SiH2]C[SiH](C)C.C[SiH](C)C[SiH2]C[SiH](C[SiH](C)C)c1ccccc1.C[SiH](C)C[SiH3].C[SiH](C)C[SiH](C)C.C[SiH](C)C[SiH](C)C[SiH](C)C[SiH](C)C. The smallest absolute Gasteiger partial charge is 0.0649 e. The first-order valence-corrected chi connectivity index (χ1v) is 83.5. The molecular formula is C45H136Si20. The Balaban J connectivity index is -0.000000164. The van der Waals surface area contributed by atoms with E-state index in [1.54, 1.807) is 78.9 Å². The van der Waals surface area contributed by atoms with Crippen LogP contribution in [0.1, 0.15) is 0 Å². The van der Waals surface area contributed by atoms with Gasteiger partial charge in [-0.3, -0.25) is 0 Å². The molecule has 0 radical (unpaired) electrons. The van der Waals surface area contributed by atoms with E-state index in [1.807, 2.05) is 0 Å². The zero-order valence-electron chi connectivity index (χ0n) is 51.2. The molecule has 1 aromatic rings. The Bertz CT molecular complexity index is 959. The molecule has 0 aromatic heterocycles. The highest BCUT2D eigenvalue weighted by molar-refractivity contribution is 6.90. The molecule has 0 spiro atoms. The lowest BCUT2D eigenvalue weighted by atomic mass is 10.4. The van der Waals surface area contributed by atoms with Gasteiger partial charge in [0.1, 0.15) is 0 Å². The van der Waals surface area contributed by atoms with Gasteiger partial charge >= 0.3 is 0 Å². The molecule has 0 aliphatic rings. The van der Waals surface area contributed by atoms with Crippen molar-refractivity contribution in [2.45, 2.75) is 244 Å². The second-order valence-electron chi connectivity index (χ2n) is 25.4. The number of rotatable bonds is 26. The van der Waals surface area contributed by atoms with E-state index >= 15 is 0 Å². The van der Waals surface area contributed by atoms with Crippen molar-refractivity contribution in [3.05, 3.63) is 30.3 Å². The van der Waals surface area contributed by atoms with Crippen LogP contribution in [0.2, 0.25) is 244 Å². The average Bonchev–Trinajstić information content (AvgIpc) is 3.14.